The van der Waals surface area contributed by atoms with Gasteiger partial charge < -0.3 is 4.74 Å². The van der Waals surface area contributed by atoms with E-state index in [-0.39, 0.29) is 11.3 Å². The van der Waals surface area contributed by atoms with E-state index in [9.17, 15) is 18.0 Å². The number of alkyl halides is 3. The van der Waals surface area contributed by atoms with Gasteiger partial charge in [0.15, 0.2) is 0 Å². The summed E-state index contributed by atoms with van der Waals surface area (Å²) in [6, 6.07) is 17.5. The summed E-state index contributed by atoms with van der Waals surface area (Å²) in [5, 5.41) is 0. The first-order valence-corrected chi connectivity index (χ1v) is 8.51. The van der Waals surface area contributed by atoms with E-state index in [2.05, 4.69) is 6.58 Å². The second kappa shape index (κ2) is 7.72. The highest BCUT2D eigenvalue weighted by atomic mass is 19.4. The fourth-order valence-corrected chi connectivity index (χ4v) is 2.82. The van der Waals surface area contributed by atoms with Crippen LogP contribution < -0.4 is 4.74 Å². The zero-order valence-electron chi connectivity index (χ0n) is 15.1. The average Bonchev–Trinajstić information content (AvgIpc) is 2.68. The van der Waals surface area contributed by atoms with Crippen LogP contribution in [0, 0.1) is 6.92 Å². The van der Waals surface area contributed by atoms with Crippen LogP contribution in [0.15, 0.2) is 79.4 Å². The molecule has 0 heterocycles. The van der Waals surface area contributed by atoms with Gasteiger partial charge in [0.1, 0.15) is 5.75 Å². The van der Waals surface area contributed by atoms with E-state index >= 15 is 0 Å². The van der Waals surface area contributed by atoms with Gasteiger partial charge in [0, 0.05) is 6.08 Å². The van der Waals surface area contributed by atoms with Crippen molar-refractivity contribution < 1.29 is 22.7 Å². The third-order valence-electron chi connectivity index (χ3n) is 4.26. The predicted molar refractivity (Wildman–Crippen MR) is 103 cm³/mol. The van der Waals surface area contributed by atoms with Crippen molar-refractivity contribution in [2.45, 2.75) is 13.1 Å². The van der Waals surface area contributed by atoms with Crippen LogP contribution in [0.1, 0.15) is 11.1 Å². The minimum atomic E-state index is -4.51. The summed E-state index contributed by atoms with van der Waals surface area (Å²) in [6.45, 7) is 5.22. The van der Waals surface area contributed by atoms with Crippen molar-refractivity contribution in [2.24, 2.45) is 0 Å². The van der Waals surface area contributed by atoms with Gasteiger partial charge in [-0.05, 0) is 47.4 Å². The molecule has 0 bridgehead atoms. The zero-order chi connectivity index (χ0) is 20.3. The van der Waals surface area contributed by atoms with E-state index in [1.165, 1.54) is 30.3 Å². The van der Waals surface area contributed by atoms with Gasteiger partial charge in [-0.1, -0.05) is 60.7 Å². The van der Waals surface area contributed by atoms with Crippen molar-refractivity contribution in [3.05, 3.63) is 90.5 Å². The molecule has 0 radical (unpaired) electrons. The lowest BCUT2D eigenvalue weighted by Gasteiger charge is -2.15. The number of rotatable bonds is 4. The van der Waals surface area contributed by atoms with E-state index in [0.29, 0.717) is 16.7 Å². The molecule has 0 aromatic heterocycles. The van der Waals surface area contributed by atoms with Crippen molar-refractivity contribution in [3.63, 3.8) is 0 Å². The molecule has 0 amide bonds. The predicted octanol–water partition coefficient (Wildman–Crippen LogP) is 6.44. The molecule has 3 aromatic carbocycles. The summed E-state index contributed by atoms with van der Waals surface area (Å²) in [5.74, 6) is -0.398. The largest absolute Gasteiger partial charge is 0.423 e. The van der Waals surface area contributed by atoms with Crippen LogP contribution in [0.2, 0.25) is 0 Å². The van der Waals surface area contributed by atoms with Gasteiger partial charge in [0.25, 0.3) is 0 Å². The maximum atomic E-state index is 13.7. The van der Waals surface area contributed by atoms with E-state index < -0.39 is 17.7 Å². The topological polar surface area (TPSA) is 26.3 Å². The van der Waals surface area contributed by atoms with Gasteiger partial charge >= 0.3 is 12.1 Å². The van der Waals surface area contributed by atoms with Crippen molar-refractivity contribution in [3.8, 4) is 28.0 Å². The Morgan fingerprint density at radius 2 is 1.46 bits per heavy atom. The summed E-state index contributed by atoms with van der Waals surface area (Å²) in [7, 11) is 0. The molecule has 0 unspecified atom stereocenters. The standard InChI is InChI=1S/C23H17F3O2/c1-3-22(27)28-19-11-8-17(9-12-19)20-13-10-18(14-21(20)23(24,25)26)16-6-4-15(2)5-7-16/h3-14H,1H2,2H3. The number of ether oxygens (including phenoxy) is 1. The highest BCUT2D eigenvalue weighted by Crippen LogP contribution is 2.39. The molecule has 0 spiro atoms. The molecule has 2 nitrogen and oxygen atoms in total. The molecule has 0 aliphatic carbocycles. The minimum Gasteiger partial charge on any atom is -0.423 e. The summed E-state index contributed by atoms with van der Waals surface area (Å²) < 4.78 is 46.1. The Kier molecular flexibility index (Phi) is 5.36. The Morgan fingerprint density at radius 1 is 0.893 bits per heavy atom. The lowest BCUT2D eigenvalue weighted by molar-refractivity contribution is -0.137. The first kappa shape index (κ1) is 19.4. The number of hydrogen-bond donors (Lipinski definition) is 0. The van der Waals surface area contributed by atoms with Crippen LogP contribution >= 0.6 is 0 Å². The summed E-state index contributed by atoms with van der Waals surface area (Å²) in [5.41, 5.74) is 1.96. The molecule has 0 aliphatic rings. The zero-order valence-corrected chi connectivity index (χ0v) is 15.1. The highest BCUT2D eigenvalue weighted by Gasteiger charge is 2.34. The highest BCUT2D eigenvalue weighted by molar-refractivity contribution is 5.83. The second-order valence-corrected chi connectivity index (χ2v) is 6.27. The van der Waals surface area contributed by atoms with Crippen LogP contribution in [-0.4, -0.2) is 5.97 Å². The number of hydrogen-bond acceptors (Lipinski definition) is 2. The first-order chi connectivity index (χ1) is 13.3. The number of carbonyl (C=O) groups excluding carboxylic acids is 1. The molecule has 5 heteroatoms. The quantitative estimate of drug-likeness (QED) is 0.295. The van der Waals surface area contributed by atoms with Crippen LogP contribution in [0.5, 0.6) is 5.75 Å². The maximum Gasteiger partial charge on any atom is 0.417 e. The van der Waals surface area contributed by atoms with Crippen molar-refractivity contribution >= 4 is 5.97 Å². The molecule has 0 aliphatic heterocycles. The molecule has 0 fully saturated rings. The molecule has 28 heavy (non-hydrogen) atoms. The molecule has 3 rings (SSSR count). The molecule has 3 aromatic rings. The Bertz CT molecular complexity index is 1000. The van der Waals surface area contributed by atoms with Crippen LogP contribution in [-0.2, 0) is 11.0 Å². The van der Waals surface area contributed by atoms with Crippen LogP contribution in [0.4, 0.5) is 13.2 Å². The third-order valence-corrected chi connectivity index (χ3v) is 4.26. The maximum absolute atomic E-state index is 13.7. The van der Waals surface area contributed by atoms with E-state index in [1.807, 2.05) is 19.1 Å². The summed E-state index contributed by atoms with van der Waals surface area (Å²) >= 11 is 0. The molecular formula is C23H17F3O2. The van der Waals surface area contributed by atoms with Crippen LogP contribution in [0.25, 0.3) is 22.3 Å². The van der Waals surface area contributed by atoms with Crippen LogP contribution in [0.3, 0.4) is 0 Å². The fourth-order valence-electron chi connectivity index (χ4n) is 2.82. The van der Waals surface area contributed by atoms with Gasteiger partial charge in [-0.3, -0.25) is 0 Å². The van der Waals surface area contributed by atoms with Gasteiger partial charge in [-0.15, -0.1) is 0 Å². The normalized spacial score (nSPS) is 11.1. The van der Waals surface area contributed by atoms with Gasteiger partial charge in [0.2, 0.25) is 0 Å². The molecular weight excluding hydrogens is 365 g/mol. The van der Waals surface area contributed by atoms with Gasteiger partial charge in [0.05, 0.1) is 5.56 Å². The van der Waals surface area contributed by atoms with E-state index in [4.69, 9.17) is 4.74 Å². The fraction of sp³-hybridized carbons (Fsp3) is 0.0870. The Hall–Kier alpha value is -3.34. The lowest BCUT2D eigenvalue weighted by Crippen LogP contribution is -2.07. The van der Waals surface area contributed by atoms with Crippen molar-refractivity contribution in [1.29, 1.82) is 0 Å². The van der Waals surface area contributed by atoms with E-state index in [0.717, 1.165) is 17.7 Å². The molecule has 0 N–H and O–H groups in total. The number of aryl methyl sites for hydroxylation is 1. The van der Waals surface area contributed by atoms with Gasteiger partial charge in [-0.25, -0.2) is 4.79 Å². The monoisotopic (exact) mass is 382 g/mol. The Labute approximate surface area is 160 Å². The summed E-state index contributed by atoms with van der Waals surface area (Å²) in [6.07, 6.45) is -3.50. The minimum absolute atomic E-state index is 0.0601. The molecule has 142 valence electrons. The Morgan fingerprint density at radius 3 is 2.04 bits per heavy atom. The smallest absolute Gasteiger partial charge is 0.417 e. The SMILES string of the molecule is C=CC(=O)Oc1ccc(-c2ccc(-c3ccc(C)cc3)cc2C(F)(F)F)cc1. The van der Waals surface area contributed by atoms with E-state index in [1.54, 1.807) is 18.2 Å². The summed E-state index contributed by atoms with van der Waals surface area (Å²) in [4.78, 5) is 11.2. The van der Waals surface area contributed by atoms with Crippen molar-refractivity contribution in [1.82, 2.24) is 0 Å². The number of benzene rings is 3. The Balaban J connectivity index is 2.02. The average molecular weight is 382 g/mol. The number of halogens is 3. The van der Waals surface area contributed by atoms with Gasteiger partial charge in [-0.2, -0.15) is 13.2 Å². The second-order valence-electron chi connectivity index (χ2n) is 6.27. The lowest BCUT2D eigenvalue weighted by atomic mass is 9.94. The third kappa shape index (κ3) is 4.31. The number of carbonyl (C=O) groups is 1. The first-order valence-electron chi connectivity index (χ1n) is 8.51. The molecule has 0 saturated heterocycles. The molecule has 0 saturated carbocycles. The number of esters is 1. The van der Waals surface area contributed by atoms with Crippen molar-refractivity contribution in [2.75, 3.05) is 0 Å². The molecule has 0 atom stereocenters.